The van der Waals surface area contributed by atoms with Crippen LogP contribution >= 0.6 is 0 Å². The van der Waals surface area contributed by atoms with Gasteiger partial charge in [0.05, 0.1) is 11.3 Å². The summed E-state index contributed by atoms with van der Waals surface area (Å²) in [5.41, 5.74) is 8.53. The van der Waals surface area contributed by atoms with Crippen LogP contribution in [0, 0.1) is 19.3 Å². The van der Waals surface area contributed by atoms with E-state index in [9.17, 15) is 9.59 Å². The van der Waals surface area contributed by atoms with Crippen molar-refractivity contribution >= 4 is 17.5 Å². The largest absolute Gasteiger partial charge is 0.361 e. The molecule has 0 aliphatic carbocycles. The van der Waals surface area contributed by atoms with E-state index in [0.717, 1.165) is 5.56 Å². The molecule has 0 spiro atoms. The molecule has 8 nitrogen and oxygen atoms in total. The number of amides is 2. The molecule has 2 heterocycles. The van der Waals surface area contributed by atoms with Crippen LogP contribution in [0.2, 0.25) is 0 Å². The maximum Gasteiger partial charge on any atom is 0.259 e. The van der Waals surface area contributed by atoms with E-state index < -0.39 is 0 Å². The Hall–Kier alpha value is -3.52. The molecule has 0 saturated heterocycles. The lowest BCUT2D eigenvalue weighted by Gasteiger charge is -2.32. The van der Waals surface area contributed by atoms with Gasteiger partial charge in [-0.15, -0.1) is 0 Å². The summed E-state index contributed by atoms with van der Waals surface area (Å²) in [7, 11) is 0. The first-order valence-corrected chi connectivity index (χ1v) is 10.4. The minimum Gasteiger partial charge on any atom is -0.361 e. The minimum absolute atomic E-state index is 0.184. The Morgan fingerprint density at radius 3 is 2.53 bits per heavy atom. The van der Waals surface area contributed by atoms with Crippen LogP contribution in [-0.4, -0.2) is 39.9 Å². The number of nitrogens with zero attached hydrogens (tertiary/aromatic N) is 3. The molecule has 0 aliphatic rings. The molecule has 0 radical (unpaired) electrons. The van der Waals surface area contributed by atoms with Gasteiger partial charge in [0.2, 0.25) is 0 Å². The maximum absolute atomic E-state index is 13.5. The van der Waals surface area contributed by atoms with Crippen molar-refractivity contribution in [2.75, 3.05) is 18.4 Å². The Kier molecular flexibility index (Phi) is 7.05. The van der Waals surface area contributed by atoms with Gasteiger partial charge >= 0.3 is 0 Å². The van der Waals surface area contributed by atoms with Gasteiger partial charge in [0, 0.05) is 31.2 Å². The average Bonchev–Trinajstić information content (AvgIpc) is 3.12. The summed E-state index contributed by atoms with van der Waals surface area (Å²) in [6, 6.07) is 10.8. The van der Waals surface area contributed by atoms with Gasteiger partial charge < -0.3 is 20.5 Å². The molecule has 2 amide bonds. The molecule has 168 valence electrons. The smallest absolute Gasteiger partial charge is 0.259 e. The van der Waals surface area contributed by atoms with Crippen LogP contribution in [0.25, 0.3) is 0 Å². The first-order valence-electron chi connectivity index (χ1n) is 10.4. The van der Waals surface area contributed by atoms with Crippen LogP contribution in [-0.2, 0) is 6.54 Å². The number of hydrogen-bond donors (Lipinski definition) is 2. The van der Waals surface area contributed by atoms with E-state index >= 15 is 0 Å². The lowest BCUT2D eigenvalue weighted by molar-refractivity contribution is 0.0671. The average molecular weight is 436 g/mol. The number of benzene rings is 1. The second-order valence-corrected chi connectivity index (χ2v) is 8.58. The zero-order valence-corrected chi connectivity index (χ0v) is 18.9. The van der Waals surface area contributed by atoms with E-state index in [1.54, 1.807) is 37.1 Å². The molecule has 0 aliphatic heterocycles. The third kappa shape index (κ3) is 5.39. The van der Waals surface area contributed by atoms with Gasteiger partial charge in [0.25, 0.3) is 11.8 Å². The van der Waals surface area contributed by atoms with Crippen molar-refractivity contribution in [3.8, 4) is 0 Å². The summed E-state index contributed by atoms with van der Waals surface area (Å²) in [6.45, 7) is 8.62. The van der Waals surface area contributed by atoms with Crippen molar-refractivity contribution in [1.82, 2.24) is 15.0 Å². The molecule has 3 rings (SSSR count). The zero-order chi connectivity index (χ0) is 23.3. The van der Waals surface area contributed by atoms with Crippen LogP contribution < -0.4 is 11.1 Å². The SMILES string of the molecule is Cc1noc(C)c1C(=O)N(Cc1ccccc1NC(=O)c1cccnc1)CC(C)(C)CN. The molecule has 0 saturated carbocycles. The fourth-order valence-corrected chi connectivity index (χ4v) is 3.40. The molecule has 0 fully saturated rings. The highest BCUT2D eigenvalue weighted by atomic mass is 16.5. The quantitative estimate of drug-likeness (QED) is 0.559. The van der Waals surface area contributed by atoms with Crippen LogP contribution in [0.15, 0.2) is 53.3 Å². The van der Waals surface area contributed by atoms with Crippen molar-refractivity contribution in [3.63, 3.8) is 0 Å². The van der Waals surface area contributed by atoms with Crippen molar-refractivity contribution in [3.05, 3.63) is 76.9 Å². The van der Waals surface area contributed by atoms with Crippen molar-refractivity contribution < 1.29 is 14.1 Å². The summed E-state index contributed by atoms with van der Waals surface area (Å²) in [4.78, 5) is 31.9. The van der Waals surface area contributed by atoms with Crippen molar-refractivity contribution in [2.24, 2.45) is 11.1 Å². The number of nitrogens with one attached hydrogen (secondary N) is 1. The van der Waals surface area contributed by atoms with Gasteiger partial charge in [0.1, 0.15) is 11.3 Å². The van der Waals surface area contributed by atoms with Gasteiger partial charge in [-0.2, -0.15) is 0 Å². The molecule has 0 atom stereocenters. The van der Waals surface area contributed by atoms with E-state index in [0.29, 0.717) is 41.4 Å². The van der Waals surface area contributed by atoms with Crippen molar-refractivity contribution in [1.29, 1.82) is 0 Å². The number of rotatable bonds is 8. The third-order valence-corrected chi connectivity index (χ3v) is 5.26. The topological polar surface area (TPSA) is 114 Å². The summed E-state index contributed by atoms with van der Waals surface area (Å²) in [6.07, 6.45) is 3.12. The lowest BCUT2D eigenvalue weighted by atomic mass is 9.92. The number of aromatic nitrogens is 2. The predicted octanol–water partition coefficient (Wildman–Crippen LogP) is 3.57. The number of anilines is 1. The second-order valence-electron chi connectivity index (χ2n) is 8.58. The molecule has 8 heteroatoms. The lowest BCUT2D eigenvalue weighted by Crippen LogP contribution is -2.42. The van der Waals surface area contributed by atoms with Crippen LogP contribution in [0.4, 0.5) is 5.69 Å². The molecular formula is C24H29N5O3. The monoisotopic (exact) mass is 435 g/mol. The molecule has 2 aromatic heterocycles. The molecule has 0 unspecified atom stereocenters. The number of para-hydroxylation sites is 1. The molecule has 3 N–H and O–H groups in total. The van der Waals surface area contributed by atoms with Gasteiger partial charge in [0.15, 0.2) is 0 Å². The van der Waals surface area contributed by atoms with Gasteiger partial charge in [-0.05, 0) is 49.6 Å². The minimum atomic E-state index is -0.303. The first kappa shape index (κ1) is 23.1. The summed E-state index contributed by atoms with van der Waals surface area (Å²) in [5, 5.41) is 6.86. The van der Waals surface area contributed by atoms with E-state index in [4.69, 9.17) is 10.3 Å². The highest BCUT2D eigenvalue weighted by molar-refractivity contribution is 6.04. The third-order valence-electron chi connectivity index (χ3n) is 5.26. The van der Waals surface area contributed by atoms with Crippen LogP contribution in [0.3, 0.4) is 0 Å². The zero-order valence-electron chi connectivity index (χ0n) is 18.9. The highest BCUT2D eigenvalue weighted by Gasteiger charge is 2.29. The Bertz CT molecular complexity index is 1070. The molecule has 0 bridgehead atoms. The fourth-order valence-electron chi connectivity index (χ4n) is 3.40. The molecular weight excluding hydrogens is 406 g/mol. The Labute approximate surface area is 187 Å². The number of carbonyl (C=O) groups excluding carboxylic acids is 2. The summed E-state index contributed by atoms with van der Waals surface area (Å²) < 4.78 is 5.21. The molecule has 3 aromatic rings. The van der Waals surface area contributed by atoms with Crippen molar-refractivity contribution in [2.45, 2.75) is 34.2 Å². The number of pyridine rings is 1. The molecule has 32 heavy (non-hydrogen) atoms. The number of aryl methyl sites for hydroxylation is 2. The normalized spacial score (nSPS) is 11.3. The fraction of sp³-hybridized carbons (Fsp3) is 0.333. The van der Waals surface area contributed by atoms with E-state index in [2.05, 4.69) is 15.5 Å². The van der Waals surface area contributed by atoms with Gasteiger partial charge in [-0.1, -0.05) is 37.2 Å². The summed E-state index contributed by atoms with van der Waals surface area (Å²) in [5.74, 6) is 0.0221. The van der Waals surface area contributed by atoms with Gasteiger partial charge in [-0.3, -0.25) is 14.6 Å². The number of hydrogen-bond acceptors (Lipinski definition) is 6. The standard InChI is InChI=1S/C24H29N5O3/c1-16-21(17(2)32-28-16)23(31)29(15-24(3,4)14-25)13-19-8-5-6-10-20(19)27-22(30)18-9-7-11-26-12-18/h5-12H,13-15,25H2,1-4H3,(H,27,30). The Morgan fingerprint density at radius 1 is 1.16 bits per heavy atom. The number of carbonyl (C=O) groups is 2. The Morgan fingerprint density at radius 2 is 1.91 bits per heavy atom. The van der Waals surface area contributed by atoms with Crippen LogP contribution in [0.1, 0.15) is 51.6 Å². The predicted molar refractivity (Wildman–Crippen MR) is 122 cm³/mol. The van der Waals surface area contributed by atoms with Crippen LogP contribution in [0.5, 0.6) is 0 Å². The molecule has 1 aromatic carbocycles. The van der Waals surface area contributed by atoms with E-state index in [-0.39, 0.29) is 23.8 Å². The van der Waals surface area contributed by atoms with Gasteiger partial charge in [-0.25, -0.2) is 0 Å². The van der Waals surface area contributed by atoms with E-state index in [1.807, 2.05) is 38.1 Å². The maximum atomic E-state index is 13.5. The number of nitrogens with two attached hydrogens (primary N) is 1. The van der Waals surface area contributed by atoms with E-state index in [1.165, 1.54) is 6.20 Å². The second kappa shape index (κ2) is 9.74. The first-order chi connectivity index (χ1) is 15.2. The highest BCUT2D eigenvalue weighted by Crippen LogP contribution is 2.25. The Balaban J connectivity index is 1.91. The summed E-state index contributed by atoms with van der Waals surface area (Å²) >= 11 is 0.